The van der Waals surface area contributed by atoms with Gasteiger partial charge in [0.25, 0.3) is 0 Å². The van der Waals surface area contributed by atoms with Gasteiger partial charge in [0, 0.05) is 12.0 Å². The summed E-state index contributed by atoms with van der Waals surface area (Å²) in [5, 5.41) is 2.83. The van der Waals surface area contributed by atoms with E-state index in [1.54, 1.807) is 12.1 Å². The molecule has 20 heavy (non-hydrogen) atoms. The molecule has 1 aliphatic rings. The zero-order valence-electron chi connectivity index (χ0n) is 12.0. The Kier molecular flexibility index (Phi) is 3.97. The SMILES string of the molecule is CC(C)(C)C(=O)NCc1ccc2c(c1C=O)OCCO2. The highest BCUT2D eigenvalue weighted by Gasteiger charge is 2.23. The highest BCUT2D eigenvalue weighted by molar-refractivity contribution is 5.85. The van der Waals surface area contributed by atoms with Crippen LogP contribution in [0.25, 0.3) is 0 Å². The van der Waals surface area contributed by atoms with Crippen molar-refractivity contribution in [2.75, 3.05) is 13.2 Å². The minimum atomic E-state index is -0.463. The molecule has 5 heteroatoms. The molecule has 108 valence electrons. The fourth-order valence-corrected chi connectivity index (χ4v) is 1.90. The van der Waals surface area contributed by atoms with Crippen LogP contribution < -0.4 is 14.8 Å². The third-order valence-electron chi connectivity index (χ3n) is 3.08. The number of nitrogens with one attached hydrogen (secondary N) is 1. The number of carbonyl (C=O) groups is 2. The Bertz CT molecular complexity index is 531. The molecule has 0 aliphatic carbocycles. The summed E-state index contributed by atoms with van der Waals surface area (Å²) in [4.78, 5) is 23.2. The van der Waals surface area contributed by atoms with Crippen molar-refractivity contribution in [1.29, 1.82) is 0 Å². The van der Waals surface area contributed by atoms with Gasteiger partial charge in [0.1, 0.15) is 13.2 Å². The number of rotatable bonds is 3. The van der Waals surface area contributed by atoms with Gasteiger partial charge in [-0.1, -0.05) is 26.8 Å². The van der Waals surface area contributed by atoms with Crippen molar-refractivity contribution in [1.82, 2.24) is 5.32 Å². The summed E-state index contributed by atoms with van der Waals surface area (Å²) < 4.78 is 10.9. The molecular weight excluding hydrogens is 258 g/mol. The fraction of sp³-hybridized carbons (Fsp3) is 0.467. The molecule has 0 bridgehead atoms. The third kappa shape index (κ3) is 2.92. The van der Waals surface area contributed by atoms with Gasteiger partial charge in [0.05, 0.1) is 5.56 Å². The van der Waals surface area contributed by atoms with Gasteiger partial charge >= 0.3 is 0 Å². The summed E-state index contributed by atoms with van der Waals surface area (Å²) in [6.45, 7) is 6.71. The lowest BCUT2D eigenvalue weighted by molar-refractivity contribution is -0.128. The van der Waals surface area contributed by atoms with Crippen LogP contribution >= 0.6 is 0 Å². The number of amides is 1. The van der Waals surface area contributed by atoms with E-state index in [1.807, 2.05) is 20.8 Å². The Morgan fingerprint density at radius 2 is 2.00 bits per heavy atom. The molecule has 1 aromatic rings. The van der Waals surface area contributed by atoms with Crippen LogP contribution in [0.15, 0.2) is 12.1 Å². The molecule has 0 aromatic heterocycles. The summed E-state index contributed by atoms with van der Waals surface area (Å²) in [5.41, 5.74) is 0.702. The van der Waals surface area contributed by atoms with Crippen LogP contribution in [0, 0.1) is 5.41 Å². The number of fused-ring (bicyclic) bond motifs is 1. The van der Waals surface area contributed by atoms with Crippen molar-refractivity contribution in [3.05, 3.63) is 23.3 Å². The van der Waals surface area contributed by atoms with Crippen molar-refractivity contribution in [3.8, 4) is 11.5 Å². The van der Waals surface area contributed by atoms with Gasteiger partial charge in [-0.15, -0.1) is 0 Å². The van der Waals surface area contributed by atoms with E-state index < -0.39 is 5.41 Å². The van der Waals surface area contributed by atoms with E-state index >= 15 is 0 Å². The minimum Gasteiger partial charge on any atom is -0.486 e. The number of benzene rings is 1. The second-order valence-corrected chi connectivity index (χ2v) is 5.71. The third-order valence-corrected chi connectivity index (χ3v) is 3.08. The van der Waals surface area contributed by atoms with E-state index in [4.69, 9.17) is 9.47 Å². The predicted molar refractivity (Wildman–Crippen MR) is 74.1 cm³/mol. The Morgan fingerprint density at radius 1 is 1.30 bits per heavy atom. The first-order chi connectivity index (χ1) is 9.43. The Labute approximate surface area is 118 Å². The summed E-state index contributed by atoms with van der Waals surface area (Å²) in [6, 6.07) is 3.54. The number of hydrogen-bond donors (Lipinski definition) is 1. The number of carbonyl (C=O) groups excluding carboxylic acids is 2. The number of hydrogen-bond acceptors (Lipinski definition) is 4. The Balaban J connectivity index is 2.20. The smallest absolute Gasteiger partial charge is 0.225 e. The van der Waals surface area contributed by atoms with Crippen molar-refractivity contribution < 1.29 is 19.1 Å². The highest BCUT2D eigenvalue weighted by Crippen LogP contribution is 2.35. The largest absolute Gasteiger partial charge is 0.486 e. The van der Waals surface area contributed by atoms with Crippen molar-refractivity contribution in [3.63, 3.8) is 0 Å². The van der Waals surface area contributed by atoms with E-state index in [9.17, 15) is 9.59 Å². The molecule has 2 rings (SSSR count). The summed E-state index contributed by atoms with van der Waals surface area (Å²) in [7, 11) is 0. The van der Waals surface area contributed by atoms with E-state index in [2.05, 4.69) is 5.32 Å². The second kappa shape index (κ2) is 5.53. The monoisotopic (exact) mass is 277 g/mol. The van der Waals surface area contributed by atoms with E-state index in [0.29, 0.717) is 36.8 Å². The van der Waals surface area contributed by atoms with Gasteiger partial charge in [-0.25, -0.2) is 0 Å². The van der Waals surface area contributed by atoms with Crippen LogP contribution in [-0.4, -0.2) is 25.4 Å². The first kappa shape index (κ1) is 14.4. The predicted octanol–water partition coefficient (Wildman–Crippen LogP) is 1.93. The van der Waals surface area contributed by atoms with Crippen LogP contribution in [0.5, 0.6) is 11.5 Å². The minimum absolute atomic E-state index is 0.0655. The molecule has 0 atom stereocenters. The van der Waals surface area contributed by atoms with Crippen LogP contribution in [0.4, 0.5) is 0 Å². The molecule has 0 saturated heterocycles. The molecule has 1 aromatic carbocycles. The molecule has 0 fully saturated rings. The van der Waals surface area contributed by atoms with Crippen LogP contribution in [0.1, 0.15) is 36.7 Å². The van der Waals surface area contributed by atoms with Crippen LogP contribution in [0.2, 0.25) is 0 Å². The fourth-order valence-electron chi connectivity index (χ4n) is 1.90. The van der Waals surface area contributed by atoms with E-state index in [0.717, 1.165) is 11.8 Å². The average molecular weight is 277 g/mol. The van der Waals surface area contributed by atoms with Gasteiger partial charge in [-0.3, -0.25) is 9.59 Å². The molecule has 1 amide bonds. The molecule has 1 aliphatic heterocycles. The quantitative estimate of drug-likeness (QED) is 0.857. The average Bonchev–Trinajstić information content (AvgIpc) is 2.42. The Morgan fingerprint density at radius 3 is 2.65 bits per heavy atom. The molecule has 0 saturated carbocycles. The normalized spacial score (nSPS) is 13.8. The van der Waals surface area contributed by atoms with Crippen molar-refractivity contribution in [2.24, 2.45) is 5.41 Å². The van der Waals surface area contributed by atoms with Gasteiger partial charge < -0.3 is 14.8 Å². The summed E-state index contributed by atoms with van der Waals surface area (Å²) in [5.74, 6) is 0.974. The van der Waals surface area contributed by atoms with Gasteiger partial charge in [0.2, 0.25) is 5.91 Å². The van der Waals surface area contributed by atoms with Crippen molar-refractivity contribution in [2.45, 2.75) is 27.3 Å². The lowest BCUT2D eigenvalue weighted by Crippen LogP contribution is -2.34. The van der Waals surface area contributed by atoms with Gasteiger partial charge in [0.15, 0.2) is 17.8 Å². The first-order valence-corrected chi connectivity index (χ1v) is 6.58. The summed E-state index contributed by atoms with van der Waals surface area (Å²) in [6.07, 6.45) is 0.742. The molecule has 1 heterocycles. The maximum atomic E-state index is 11.9. The van der Waals surface area contributed by atoms with Crippen LogP contribution in [-0.2, 0) is 11.3 Å². The highest BCUT2D eigenvalue weighted by atomic mass is 16.6. The lowest BCUT2D eigenvalue weighted by atomic mass is 9.95. The maximum Gasteiger partial charge on any atom is 0.225 e. The summed E-state index contributed by atoms with van der Waals surface area (Å²) >= 11 is 0. The first-order valence-electron chi connectivity index (χ1n) is 6.58. The molecule has 0 radical (unpaired) electrons. The van der Waals surface area contributed by atoms with Gasteiger partial charge in [-0.2, -0.15) is 0 Å². The number of aldehydes is 1. The standard InChI is InChI=1S/C15H19NO4/c1-15(2,3)14(18)16-8-10-4-5-12-13(11(10)9-17)20-7-6-19-12/h4-5,9H,6-8H2,1-3H3,(H,16,18). The number of ether oxygens (including phenoxy) is 2. The molecule has 5 nitrogen and oxygen atoms in total. The Hall–Kier alpha value is -2.04. The molecule has 0 unspecified atom stereocenters. The van der Waals surface area contributed by atoms with Gasteiger partial charge in [-0.05, 0) is 11.6 Å². The van der Waals surface area contributed by atoms with E-state index in [-0.39, 0.29) is 5.91 Å². The second-order valence-electron chi connectivity index (χ2n) is 5.71. The molecule has 0 spiro atoms. The van der Waals surface area contributed by atoms with E-state index in [1.165, 1.54) is 0 Å². The molecular formula is C15H19NO4. The zero-order valence-corrected chi connectivity index (χ0v) is 12.0. The maximum absolute atomic E-state index is 11.9. The molecule has 1 N–H and O–H groups in total. The topological polar surface area (TPSA) is 64.6 Å². The van der Waals surface area contributed by atoms with Crippen LogP contribution in [0.3, 0.4) is 0 Å². The zero-order chi connectivity index (χ0) is 14.8. The lowest BCUT2D eigenvalue weighted by Gasteiger charge is -2.22. The van der Waals surface area contributed by atoms with Crippen molar-refractivity contribution >= 4 is 12.2 Å².